The Kier molecular flexibility index (Phi) is 8.36. The second kappa shape index (κ2) is 9.48. The number of rotatable bonds is 3. The summed E-state index contributed by atoms with van der Waals surface area (Å²) in [6.07, 6.45) is 9.47. The van der Waals surface area contributed by atoms with Crippen molar-refractivity contribution in [2.45, 2.75) is 51.0 Å². The molecule has 2 saturated carbocycles. The molecule has 6 heteroatoms. The molecule has 2 aliphatic rings. The number of nitrogens with zero attached hydrogens (tertiary/aromatic N) is 1. The van der Waals surface area contributed by atoms with Gasteiger partial charge in [0.05, 0.1) is 6.54 Å². The van der Waals surface area contributed by atoms with Crippen LogP contribution in [0.5, 0.6) is 0 Å². The van der Waals surface area contributed by atoms with Crippen LogP contribution >= 0.6 is 24.0 Å². The van der Waals surface area contributed by atoms with Gasteiger partial charge in [0.15, 0.2) is 5.96 Å². The molecule has 0 aliphatic heterocycles. The molecular weight excluding hydrogens is 379 g/mol. The molecule has 21 heavy (non-hydrogen) atoms. The first-order valence-electron chi connectivity index (χ1n) is 7.90. The van der Waals surface area contributed by atoms with Gasteiger partial charge in [0.2, 0.25) is 5.91 Å². The molecule has 3 N–H and O–H groups in total. The Morgan fingerprint density at radius 2 is 1.86 bits per heavy atom. The van der Waals surface area contributed by atoms with Crippen LogP contribution in [0.25, 0.3) is 0 Å². The first-order chi connectivity index (χ1) is 9.72. The summed E-state index contributed by atoms with van der Waals surface area (Å²) in [5.74, 6) is 2.58. The molecule has 2 fully saturated rings. The number of nitrogens with one attached hydrogen (secondary N) is 3. The SMILES string of the molecule is CN=C(NCC(=O)NC)NC1CCC2CCCCC2C1.I. The summed E-state index contributed by atoms with van der Waals surface area (Å²) in [7, 11) is 3.40. The van der Waals surface area contributed by atoms with Crippen LogP contribution in [0, 0.1) is 11.8 Å². The fourth-order valence-corrected chi connectivity index (χ4v) is 3.64. The Hall–Kier alpha value is -0.530. The summed E-state index contributed by atoms with van der Waals surface area (Å²) < 4.78 is 0. The van der Waals surface area contributed by atoms with E-state index < -0.39 is 0 Å². The van der Waals surface area contributed by atoms with Crippen molar-refractivity contribution in [2.75, 3.05) is 20.6 Å². The topological polar surface area (TPSA) is 65.5 Å². The molecule has 0 aromatic carbocycles. The highest BCUT2D eigenvalue weighted by Gasteiger charge is 2.32. The Balaban J connectivity index is 0.00000220. The van der Waals surface area contributed by atoms with Crippen LogP contribution in [0.3, 0.4) is 0 Å². The molecule has 0 bridgehead atoms. The van der Waals surface area contributed by atoms with Gasteiger partial charge < -0.3 is 16.0 Å². The van der Waals surface area contributed by atoms with Gasteiger partial charge in [-0.3, -0.25) is 9.79 Å². The summed E-state index contributed by atoms with van der Waals surface area (Å²) in [4.78, 5) is 15.5. The van der Waals surface area contributed by atoms with Crippen molar-refractivity contribution in [3.8, 4) is 0 Å². The first-order valence-corrected chi connectivity index (χ1v) is 7.90. The Morgan fingerprint density at radius 3 is 2.52 bits per heavy atom. The van der Waals surface area contributed by atoms with Crippen LogP contribution in [0.4, 0.5) is 0 Å². The zero-order chi connectivity index (χ0) is 14.4. The highest BCUT2D eigenvalue weighted by molar-refractivity contribution is 14.0. The van der Waals surface area contributed by atoms with Crippen molar-refractivity contribution in [3.63, 3.8) is 0 Å². The Morgan fingerprint density at radius 1 is 1.14 bits per heavy atom. The lowest BCUT2D eigenvalue weighted by Crippen LogP contribution is -2.48. The van der Waals surface area contributed by atoms with E-state index in [2.05, 4.69) is 20.9 Å². The predicted molar refractivity (Wildman–Crippen MR) is 97.1 cm³/mol. The van der Waals surface area contributed by atoms with Crippen LogP contribution in [-0.4, -0.2) is 38.5 Å². The van der Waals surface area contributed by atoms with Crippen molar-refractivity contribution in [2.24, 2.45) is 16.8 Å². The van der Waals surface area contributed by atoms with Crippen LogP contribution < -0.4 is 16.0 Å². The van der Waals surface area contributed by atoms with Gasteiger partial charge in [-0.15, -0.1) is 24.0 Å². The second-order valence-corrected chi connectivity index (χ2v) is 6.06. The van der Waals surface area contributed by atoms with Gasteiger partial charge in [0.25, 0.3) is 0 Å². The summed E-state index contributed by atoms with van der Waals surface area (Å²) in [6.45, 7) is 0.273. The molecule has 5 nitrogen and oxygen atoms in total. The smallest absolute Gasteiger partial charge is 0.239 e. The molecule has 0 radical (unpaired) electrons. The monoisotopic (exact) mass is 408 g/mol. The highest BCUT2D eigenvalue weighted by Crippen LogP contribution is 2.40. The van der Waals surface area contributed by atoms with Gasteiger partial charge in [0, 0.05) is 20.1 Å². The minimum atomic E-state index is -0.0241. The average molecular weight is 408 g/mol. The molecule has 2 rings (SSSR count). The largest absolute Gasteiger partial charge is 0.358 e. The van der Waals surface area contributed by atoms with E-state index in [0.717, 1.165) is 17.8 Å². The maximum Gasteiger partial charge on any atom is 0.239 e. The number of carbonyl (C=O) groups excluding carboxylic acids is 1. The molecular formula is C15H29IN4O. The lowest BCUT2D eigenvalue weighted by Gasteiger charge is -2.39. The van der Waals surface area contributed by atoms with Crippen LogP contribution in [-0.2, 0) is 4.79 Å². The molecule has 0 heterocycles. The quantitative estimate of drug-likeness (QED) is 0.380. The highest BCUT2D eigenvalue weighted by atomic mass is 127. The van der Waals surface area contributed by atoms with Gasteiger partial charge in [0.1, 0.15) is 0 Å². The van der Waals surface area contributed by atoms with E-state index in [0.29, 0.717) is 6.04 Å². The van der Waals surface area contributed by atoms with E-state index in [9.17, 15) is 4.79 Å². The van der Waals surface area contributed by atoms with Gasteiger partial charge >= 0.3 is 0 Å². The third-order valence-corrected chi connectivity index (χ3v) is 4.80. The minimum Gasteiger partial charge on any atom is -0.358 e. The van der Waals surface area contributed by atoms with E-state index in [4.69, 9.17) is 0 Å². The predicted octanol–water partition coefficient (Wildman–Crippen LogP) is 1.87. The number of fused-ring (bicyclic) bond motifs is 1. The number of halogens is 1. The van der Waals surface area contributed by atoms with Crippen LogP contribution in [0.1, 0.15) is 44.9 Å². The van der Waals surface area contributed by atoms with Crippen molar-refractivity contribution in [1.29, 1.82) is 0 Å². The fraction of sp³-hybridized carbons (Fsp3) is 0.867. The van der Waals surface area contributed by atoms with Gasteiger partial charge in [-0.25, -0.2) is 0 Å². The van der Waals surface area contributed by atoms with Crippen LogP contribution in [0.2, 0.25) is 0 Å². The molecule has 2 aliphatic carbocycles. The van der Waals surface area contributed by atoms with E-state index in [-0.39, 0.29) is 36.4 Å². The molecule has 122 valence electrons. The van der Waals surface area contributed by atoms with E-state index >= 15 is 0 Å². The van der Waals surface area contributed by atoms with Crippen LogP contribution in [0.15, 0.2) is 4.99 Å². The Bertz CT molecular complexity index is 362. The Labute approximate surface area is 145 Å². The third kappa shape index (κ3) is 5.64. The molecule has 3 unspecified atom stereocenters. The summed E-state index contributed by atoms with van der Waals surface area (Å²) in [6, 6.07) is 0.505. The third-order valence-electron chi connectivity index (χ3n) is 4.80. The van der Waals surface area contributed by atoms with Crippen molar-refractivity contribution in [1.82, 2.24) is 16.0 Å². The molecule has 0 saturated heterocycles. The van der Waals surface area contributed by atoms with Crippen molar-refractivity contribution < 1.29 is 4.79 Å². The van der Waals surface area contributed by atoms with Gasteiger partial charge in [-0.05, 0) is 31.1 Å². The maximum absolute atomic E-state index is 11.3. The van der Waals surface area contributed by atoms with E-state index in [1.54, 1.807) is 14.1 Å². The number of aliphatic imine (C=N–C) groups is 1. The normalized spacial score (nSPS) is 28.9. The number of hydrogen-bond acceptors (Lipinski definition) is 2. The van der Waals surface area contributed by atoms with Gasteiger partial charge in [-0.2, -0.15) is 0 Å². The minimum absolute atomic E-state index is 0. The average Bonchev–Trinajstić information content (AvgIpc) is 2.50. The number of amides is 1. The lowest BCUT2D eigenvalue weighted by atomic mass is 9.69. The molecule has 0 spiro atoms. The van der Waals surface area contributed by atoms with Crippen molar-refractivity contribution in [3.05, 3.63) is 0 Å². The summed E-state index contributed by atoms with van der Waals surface area (Å²) >= 11 is 0. The van der Waals surface area contributed by atoms with Gasteiger partial charge in [-0.1, -0.05) is 25.7 Å². The molecule has 0 aromatic heterocycles. The number of carbonyl (C=O) groups is 1. The first kappa shape index (κ1) is 18.5. The number of hydrogen-bond donors (Lipinski definition) is 3. The lowest BCUT2D eigenvalue weighted by molar-refractivity contribution is -0.119. The second-order valence-electron chi connectivity index (χ2n) is 6.06. The number of likely N-dealkylation sites (N-methyl/N-ethyl adjacent to an activating group) is 1. The van der Waals surface area contributed by atoms with Crippen molar-refractivity contribution >= 4 is 35.8 Å². The maximum atomic E-state index is 11.3. The fourth-order valence-electron chi connectivity index (χ4n) is 3.64. The van der Waals surface area contributed by atoms with E-state index in [1.807, 2.05) is 0 Å². The summed E-state index contributed by atoms with van der Waals surface area (Å²) in [5, 5.41) is 9.14. The molecule has 3 atom stereocenters. The zero-order valence-corrected chi connectivity index (χ0v) is 15.5. The zero-order valence-electron chi connectivity index (χ0n) is 13.2. The standard InChI is InChI=1S/C15H28N4O.HI/c1-16-14(20)10-18-15(17-2)19-13-8-7-11-5-3-4-6-12(11)9-13;/h11-13H,3-10H2,1-2H3,(H,16,20)(H2,17,18,19);1H. The molecule has 1 amide bonds. The van der Waals surface area contributed by atoms with E-state index in [1.165, 1.54) is 44.9 Å². The molecule has 0 aromatic rings. The summed E-state index contributed by atoms with van der Waals surface area (Å²) in [5.41, 5.74) is 0. The number of guanidine groups is 1.